The molecule has 0 bridgehead atoms. The molecular formula is C11H14N4O2. The number of hydrogen-bond donors (Lipinski definition) is 1. The number of hydrogen-bond acceptors (Lipinski definition) is 4. The van der Waals surface area contributed by atoms with E-state index < -0.39 is 5.41 Å². The minimum Gasteiger partial charge on any atom is -0.381 e. The molecule has 1 fully saturated rings. The fourth-order valence-corrected chi connectivity index (χ4v) is 1.83. The zero-order valence-corrected chi connectivity index (χ0v) is 9.64. The smallest absolute Gasteiger partial charge is 0.246 e. The molecule has 1 aliphatic heterocycles. The van der Waals surface area contributed by atoms with Crippen molar-refractivity contribution in [2.24, 2.45) is 12.5 Å². The van der Waals surface area contributed by atoms with Gasteiger partial charge in [-0.15, -0.1) is 0 Å². The predicted molar refractivity (Wildman–Crippen MR) is 59.9 cm³/mol. The molecule has 1 aromatic heterocycles. The molecule has 0 atom stereocenters. The molecule has 1 amide bonds. The highest BCUT2D eigenvalue weighted by Gasteiger charge is 2.40. The zero-order valence-electron chi connectivity index (χ0n) is 9.64. The fraction of sp³-hybridized carbons (Fsp3) is 0.545. The highest BCUT2D eigenvalue weighted by atomic mass is 16.5. The molecule has 17 heavy (non-hydrogen) atoms. The Kier molecular flexibility index (Phi) is 3.11. The second-order valence-corrected chi connectivity index (χ2v) is 4.14. The molecule has 90 valence electrons. The van der Waals surface area contributed by atoms with Crippen LogP contribution in [0.15, 0.2) is 12.3 Å². The SMILES string of the molecule is Cn1ccc(NC(=O)C2(C#N)CCOCC2)n1. The summed E-state index contributed by atoms with van der Waals surface area (Å²) in [5.74, 6) is 0.181. The Bertz CT molecular complexity index is 454. The van der Waals surface area contributed by atoms with E-state index in [1.165, 1.54) is 0 Å². The van der Waals surface area contributed by atoms with Gasteiger partial charge in [0.25, 0.3) is 0 Å². The minimum absolute atomic E-state index is 0.290. The van der Waals surface area contributed by atoms with Crippen molar-refractivity contribution in [3.8, 4) is 6.07 Å². The summed E-state index contributed by atoms with van der Waals surface area (Å²) in [7, 11) is 1.77. The van der Waals surface area contributed by atoms with Crippen LogP contribution in [0.1, 0.15) is 12.8 Å². The van der Waals surface area contributed by atoms with Crippen LogP contribution in [0, 0.1) is 16.7 Å². The van der Waals surface area contributed by atoms with E-state index in [0.29, 0.717) is 31.9 Å². The summed E-state index contributed by atoms with van der Waals surface area (Å²) in [5, 5.41) is 15.9. The lowest BCUT2D eigenvalue weighted by molar-refractivity contribution is -0.126. The third kappa shape index (κ3) is 2.29. The van der Waals surface area contributed by atoms with E-state index in [2.05, 4.69) is 16.5 Å². The lowest BCUT2D eigenvalue weighted by Gasteiger charge is -2.28. The quantitative estimate of drug-likeness (QED) is 0.816. The molecule has 6 heteroatoms. The zero-order chi connectivity index (χ0) is 12.3. The maximum Gasteiger partial charge on any atom is 0.246 e. The minimum atomic E-state index is -0.976. The molecule has 6 nitrogen and oxygen atoms in total. The van der Waals surface area contributed by atoms with Crippen molar-refractivity contribution in [2.75, 3.05) is 18.5 Å². The molecular weight excluding hydrogens is 220 g/mol. The summed E-state index contributed by atoms with van der Waals surface area (Å²) in [6.45, 7) is 0.895. The van der Waals surface area contributed by atoms with Crippen molar-refractivity contribution in [3.05, 3.63) is 12.3 Å². The topological polar surface area (TPSA) is 79.9 Å². The van der Waals surface area contributed by atoms with E-state index in [0.717, 1.165) is 0 Å². The van der Waals surface area contributed by atoms with E-state index in [1.54, 1.807) is 24.0 Å². The molecule has 1 aliphatic rings. The lowest BCUT2D eigenvalue weighted by atomic mass is 9.81. The Morgan fingerprint density at radius 3 is 2.88 bits per heavy atom. The van der Waals surface area contributed by atoms with E-state index >= 15 is 0 Å². The molecule has 0 unspecified atom stereocenters. The van der Waals surface area contributed by atoms with Crippen molar-refractivity contribution < 1.29 is 9.53 Å². The van der Waals surface area contributed by atoms with Crippen LogP contribution in [0.25, 0.3) is 0 Å². The maximum atomic E-state index is 12.1. The highest BCUT2D eigenvalue weighted by molar-refractivity contribution is 5.96. The first-order valence-electron chi connectivity index (χ1n) is 5.46. The van der Waals surface area contributed by atoms with Gasteiger partial charge in [0, 0.05) is 32.5 Å². The van der Waals surface area contributed by atoms with Gasteiger partial charge in [0.2, 0.25) is 5.91 Å². The first kappa shape index (κ1) is 11.6. The molecule has 0 aliphatic carbocycles. The van der Waals surface area contributed by atoms with Gasteiger partial charge in [-0.05, 0) is 12.8 Å². The van der Waals surface area contributed by atoms with Gasteiger partial charge >= 0.3 is 0 Å². The molecule has 1 aromatic rings. The van der Waals surface area contributed by atoms with Gasteiger partial charge in [0.1, 0.15) is 5.41 Å². The van der Waals surface area contributed by atoms with Crippen LogP contribution in [0.2, 0.25) is 0 Å². The number of ether oxygens (including phenoxy) is 1. The summed E-state index contributed by atoms with van der Waals surface area (Å²) >= 11 is 0. The normalized spacial score (nSPS) is 18.4. The van der Waals surface area contributed by atoms with Crippen molar-refractivity contribution in [1.29, 1.82) is 5.26 Å². The third-order valence-corrected chi connectivity index (χ3v) is 2.95. The number of carbonyl (C=O) groups excluding carboxylic acids is 1. The van der Waals surface area contributed by atoms with Crippen LogP contribution in [0.5, 0.6) is 0 Å². The number of amides is 1. The van der Waals surface area contributed by atoms with Gasteiger partial charge in [-0.3, -0.25) is 9.48 Å². The van der Waals surface area contributed by atoms with E-state index in [9.17, 15) is 10.1 Å². The monoisotopic (exact) mass is 234 g/mol. The van der Waals surface area contributed by atoms with Gasteiger partial charge in [-0.2, -0.15) is 10.4 Å². The van der Waals surface area contributed by atoms with Crippen LogP contribution in [0.4, 0.5) is 5.82 Å². The van der Waals surface area contributed by atoms with Gasteiger partial charge in [0.05, 0.1) is 6.07 Å². The number of aromatic nitrogens is 2. The summed E-state index contributed by atoms with van der Waals surface area (Å²) < 4.78 is 6.78. The molecule has 0 radical (unpaired) electrons. The average Bonchev–Trinajstić information content (AvgIpc) is 2.75. The van der Waals surface area contributed by atoms with Crippen molar-refractivity contribution in [2.45, 2.75) is 12.8 Å². The van der Waals surface area contributed by atoms with Crippen LogP contribution in [-0.4, -0.2) is 28.9 Å². The first-order chi connectivity index (χ1) is 8.16. The summed E-state index contributed by atoms with van der Waals surface area (Å²) in [5.41, 5.74) is -0.976. The molecule has 0 spiro atoms. The fourth-order valence-electron chi connectivity index (χ4n) is 1.83. The number of carbonyl (C=O) groups is 1. The molecule has 2 rings (SSSR count). The van der Waals surface area contributed by atoms with Crippen LogP contribution < -0.4 is 5.32 Å². The number of nitrogens with zero attached hydrogens (tertiary/aromatic N) is 3. The van der Waals surface area contributed by atoms with E-state index in [4.69, 9.17) is 4.74 Å². The average molecular weight is 234 g/mol. The number of rotatable bonds is 2. The highest BCUT2D eigenvalue weighted by Crippen LogP contribution is 2.30. The van der Waals surface area contributed by atoms with Gasteiger partial charge in [-0.25, -0.2) is 0 Å². The lowest BCUT2D eigenvalue weighted by Crippen LogP contribution is -2.40. The number of anilines is 1. The Morgan fingerprint density at radius 2 is 2.35 bits per heavy atom. The second kappa shape index (κ2) is 4.55. The van der Waals surface area contributed by atoms with Crippen molar-refractivity contribution in [1.82, 2.24) is 9.78 Å². The van der Waals surface area contributed by atoms with Crippen LogP contribution in [0.3, 0.4) is 0 Å². The summed E-state index contributed by atoms with van der Waals surface area (Å²) in [6.07, 6.45) is 2.60. The Hall–Kier alpha value is -1.87. The van der Waals surface area contributed by atoms with Gasteiger partial charge in [-0.1, -0.05) is 0 Å². The molecule has 0 saturated carbocycles. The Labute approximate surface area is 99.2 Å². The van der Waals surface area contributed by atoms with Crippen molar-refractivity contribution in [3.63, 3.8) is 0 Å². The van der Waals surface area contributed by atoms with Crippen molar-refractivity contribution >= 4 is 11.7 Å². The maximum absolute atomic E-state index is 12.1. The third-order valence-electron chi connectivity index (χ3n) is 2.95. The first-order valence-corrected chi connectivity index (χ1v) is 5.46. The molecule has 1 N–H and O–H groups in total. The summed E-state index contributed by atoms with van der Waals surface area (Å²) in [4.78, 5) is 12.1. The molecule has 2 heterocycles. The second-order valence-electron chi connectivity index (χ2n) is 4.14. The van der Waals surface area contributed by atoms with Crippen LogP contribution >= 0.6 is 0 Å². The van der Waals surface area contributed by atoms with Crippen LogP contribution in [-0.2, 0) is 16.6 Å². The van der Waals surface area contributed by atoms with Gasteiger partial charge < -0.3 is 10.1 Å². The number of nitriles is 1. The summed E-state index contributed by atoms with van der Waals surface area (Å²) in [6, 6.07) is 3.81. The standard InChI is InChI=1S/C11H14N4O2/c1-15-5-2-9(14-15)13-10(16)11(8-12)3-6-17-7-4-11/h2,5H,3-4,6-7H2,1H3,(H,13,14,16). The number of nitrogens with one attached hydrogen (secondary N) is 1. The largest absolute Gasteiger partial charge is 0.381 e. The van der Waals surface area contributed by atoms with E-state index in [-0.39, 0.29) is 5.91 Å². The van der Waals surface area contributed by atoms with E-state index in [1.807, 2.05) is 0 Å². The Morgan fingerprint density at radius 1 is 1.65 bits per heavy atom. The number of aryl methyl sites for hydroxylation is 1. The molecule has 0 aromatic carbocycles. The predicted octanol–water partition coefficient (Wildman–Crippen LogP) is 0.679. The van der Waals surface area contributed by atoms with Gasteiger partial charge in [0.15, 0.2) is 5.82 Å². The Balaban J connectivity index is 2.10. The molecule has 1 saturated heterocycles.